The van der Waals surface area contributed by atoms with Crippen LogP contribution in [0.15, 0.2) is 41.5 Å². The second-order valence-corrected chi connectivity index (χ2v) is 6.45. The van der Waals surface area contributed by atoms with Crippen molar-refractivity contribution in [3.05, 3.63) is 56.6 Å². The Balaban J connectivity index is 0. The minimum absolute atomic E-state index is 0. The van der Waals surface area contributed by atoms with E-state index in [1.165, 1.54) is 44.2 Å². The van der Waals surface area contributed by atoms with Crippen molar-refractivity contribution in [2.45, 2.75) is 27.7 Å². The van der Waals surface area contributed by atoms with Crippen molar-refractivity contribution in [2.24, 2.45) is 22.7 Å². The standard InChI is InChI=1S/C9H12N4O4.C6H8N4O4.C3H6O.H2O/c1-6(2)11-12-8-4-3-7(16-17-10)5-9(8)13(14)15;7-9-5-2-1-4(13-14-8)3-6(5)10(11)12;1-3(2)4;/h3-5,12H,10H2,1-2H3;1-3,9H,7-8H2;1-2H3;1H2. The third-order valence-electron chi connectivity index (χ3n) is 3.18. The number of nitro benzene ring substituents is 2. The van der Waals surface area contributed by atoms with Crippen molar-refractivity contribution in [2.75, 3.05) is 10.9 Å². The first-order chi connectivity index (χ1) is 16.5. The number of hydrazone groups is 1. The van der Waals surface area contributed by atoms with Crippen LogP contribution in [0.5, 0.6) is 11.5 Å². The van der Waals surface area contributed by atoms with E-state index in [2.05, 4.69) is 41.6 Å². The van der Waals surface area contributed by atoms with Crippen LogP contribution in [0, 0.1) is 20.2 Å². The zero-order chi connectivity index (χ0) is 27.0. The predicted octanol–water partition coefficient (Wildman–Crippen LogP) is 1.42. The second kappa shape index (κ2) is 17.9. The van der Waals surface area contributed by atoms with Crippen LogP contribution in [0.4, 0.5) is 22.7 Å². The van der Waals surface area contributed by atoms with Crippen LogP contribution in [0.2, 0.25) is 0 Å². The molecule has 0 fully saturated rings. The largest absolute Gasteiger partial charge is 0.412 e. The Morgan fingerprint density at radius 3 is 1.58 bits per heavy atom. The van der Waals surface area contributed by atoms with Gasteiger partial charge in [0.2, 0.25) is 0 Å². The Labute approximate surface area is 204 Å². The van der Waals surface area contributed by atoms with Crippen molar-refractivity contribution in [3.8, 4) is 11.5 Å². The number of anilines is 2. The first-order valence-electron chi connectivity index (χ1n) is 9.31. The maximum absolute atomic E-state index is 10.8. The summed E-state index contributed by atoms with van der Waals surface area (Å²) in [5, 5.41) is 25.2. The van der Waals surface area contributed by atoms with E-state index in [4.69, 9.17) is 11.7 Å². The number of nitrogens with one attached hydrogen (secondary N) is 2. The number of nitrogen functional groups attached to an aromatic ring is 1. The molecule has 0 saturated heterocycles. The Kier molecular flexibility index (Phi) is 16.8. The van der Waals surface area contributed by atoms with Gasteiger partial charge >= 0.3 is 0 Å². The number of hydrogen-bond donors (Lipinski definition) is 5. The van der Waals surface area contributed by atoms with Crippen LogP contribution in [0.3, 0.4) is 0 Å². The summed E-state index contributed by atoms with van der Waals surface area (Å²) in [6, 6.07) is 7.99. The number of hydrogen-bond acceptors (Lipinski definition) is 15. The van der Waals surface area contributed by atoms with Gasteiger partial charge in [-0.05, 0) is 52.0 Å². The summed E-state index contributed by atoms with van der Waals surface area (Å²) < 4.78 is 0. The number of hydrazine groups is 1. The van der Waals surface area contributed by atoms with Crippen LogP contribution in [-0.4, -0.2) is 26.8 Å². The monoisotopic (exact) mass is 516 g/mol. The highest BCUT2D eigenvalue weighted by Crippen LogP contribution is 2.29. The van der Waals surface area contributed by atoms with E-state index in [-0.39, 0.29) is 45.5 Å². The highest BCUT2D eigenvalue weighted by molar-refractivity contribution is 5.80. The molecule has 0 heterocycles. The summed E-state index contributed by atoms with van der Waals surface area (Å²) >= 11 is 0. The second-order valence-electron chi connectivity index (χ2n) is 6.45. The molecular formula is C18H28N8O10. The maximum Gasteiger partial charge on any atom is 0.298 e. The van der Waals surface area contributed by atoms with Crippen LogP contribution in [0.25, 0.3) is 0 Å². The molecule has 0 atom stereocenters. The minimum atomic E-state index is -0.613. The fraction of sp³-hybridized carbons (Fsp3) is 0.222. The average Bonchev–Trinajstić information content (AvgIpc) is 2.78. The van der Waals surface area contributed by atoms with E-state index >= 15 is 0 Å². The number of rotatable bonds is 9. The van der Waals surface area contributed by atoms with Gasteiger partial charge < -0.3 is 25.5 Å². The van der Waals surface area contributed by atoms with Crippen molar-refractivity contribution >= 4 is 34.2 Å². The molecule has 0 saturated carbocycles. The predicted molar refractivity (Wildman–Crippen MR) is 128 cm³/mol. The molecule has 0 spiro atoms. The van der Waals surface area contributed by atoms with Gasteiger partial charge in [-0.1, -0.05) is 9.98 Å². The molecule has 10 N–H and O–H groups in total. The van der Waals surface area contributed by atoms with Gasteiger partial charge in [-0.15, -0.1) is 0 Å². The van der Waals surface area contributed by atoms with Gasteiger partial charge in [0.15, 0.2) is 11.5 Å². The lowest BCUT2D eigenvalue weighted by atomic mass is 10.2. The maximum atomic E-state index is 10.8. The van der Waals surface area contributed by atoms with Gasteiger partial charge in [0.05, 0.1) is 22.0 Å². The lowest BCUT2D eigenvalue weighted by Crippen LogP contribution is -2.09. The zero-order valence-electron chi connectivity index (χ0n) is 19.7. The summed E-state index contributed by atoms with van der Waals surface area (Å²) in [6.07, 6.45) is 0. The molecule has 200 valence electrons. The normalized spacial score (nSPS) is 8.97. The fourth-order valence-electron chi connectivity index (χ4n) is 1.93. The summed E-state index contributed by atoms with van der Waals surface area (Å²) in [5.74, 6) is 14.8. The summed E-state index contributed by atoms with van der Waals surface area (Å²) in [7, 11) is 0. The number of Topliss-reactive ketones (excluding diaryl/α,β-unsaturated/α-hetero) is 1. The molecule has 0 aliphatic heterocycles. The number of nitro groups is 2. The molecule has 18 nitrogen and oxygen atoms in total. The number of nitrogens with two attached hydrogens (primary N) is 3. The van der Waals surface area contributed by atoms with Gasteiger partial charge in [-0.2, -0.15) is 16.9 Å². The SMILES string of the molecule is CC(C)=NNc1ccc(OON)cc1[N+](=O)[O-].CC(C)=O.NNc1ccc(OON)cc1[N+](=O)[O-].O. The van der Waals surface area contributed by atoms with E-state index < -0.39 is 9.85 Å². The summed E-state index contributed by atoms with van der Waals surface area (Å²) in [4.78, 5) is 46.3. The molecule has 0 aliphatic carbocycles. The van der Waals surface area contributed by atoms with Gasteiger partial charge in [0, 0.05) is 5.71 Å². The lowest BCUT2D eigenvalue weighted by Gasteiger charge is -2.04. The molecule has 0 unspecified atom stereocenters. The number of nitrogens with zero attached hydrogens (tertiary/aromatic N) is 3. The molecule has 2 aromatic rings. The van der Waals surface area contributed by atoms with Gasteiger partial charge in [0.25, 0.3) is 11.4 Å². The van der Waals surface area contributed by atoms with Crippen LogP contribution >= 0.6 is 0 Å². The molecule has 2 rings (SSSR count). The molecule has 18 heteroatoms. The molecule has 0 amide bonds. The van der Waals surface area contributed by atoms with E-state index in [9.17, 15) is 25.0 Å². The topological polar surface area (TPSA) is 286 Å². The van der Waals surface area contributed by atoms with Crippen LogP contribution in [-0.2, 0) is 14.8 Å². The van der Waals surface area contributed by atoms with Crippen molar-refractivity contribution in [3.63, 3.8) is 0 Å². The first-order valence-corrected chi connectivity index (χ1v) is 9.31. The average molecular weight is 516 g/mol. The van der Waals surface area contributed by atoms with E-state index in [1.54, 1.807) is 13.8 Å². The van der Waals surface area contributed by atoms with E-state index in [0.29, 0.717) is 0 Å². The minimum Gasteiger partial charge on any atom is -0.412 e. The molecular weight excluding hydrogens is 488 g/mol. The number of ketones is 1. The molecule has 0 aromatic heterocycles. The first kappa shape index (κ1) is 33.7. The van der Waals surface area contributed by atoms with E-state index in [1.807, 2.05) is 0 Å². The smallest absolute Gasteiger partial charge is 0.298 e. The number of carbonyl (C=O) groups excluding carboxylic acids is 1. The Morgan fingerprint density at radius 2 is 1.25 bits per heavy atom. The highest BCUT2D eigenvalue weighted by Gasteiger charge is 2.16. The number of benzene rings is 2. The number of carbonyl (C=O) groups is 1. The van der Waals surface area contributed by atoms with E-state index in [0.717, 1.165) is 11.8 Å². The Morgan fingerprint density at radius 1 is 0.861 bits per heavy atom. The van der Waals surface area contributed by atoms with Crippen LogP contribution < -0.4 is 38.3 Å². The third kappa shape index (κ3) is 13.3. The summed E-state index contributed by atoms with van der Waals surface area (Å²) in [6.45, 7) is 6.58. The zero-order valence-corrected chi connectivity index (χ0v) is 19.7. The molecule has 0 radical (unpaired) electrons. The Hall–Kier alpha value is -4.46. The van der Waals surface area contributed by atoms with Crippen molar-refractivity contribution in [1.29, 1.82) is 0 Å². The molecule has 2 aromatic carbocycles. The highest BCUT2D eigenvalue weighted by atomic mass is 17.3. The quantitative estimate of drug-likeness (QED) is 0.103. The van der Waals surface area contributed by atoms with Crippen LogP contribution in [0.1, 0.15) is 27.7 Å². The summed E-state index contributed by atoms with van der Waals surface area (Å²) in [5.41, 5.74) is 5.49. The Bertz CT molecular complexity index is 1030. The van der Waals surface area contributed by atoms with Gasteiger partial charge in [0.1, 0.15) is 17.2 Å². The van der Waals surface area contributed by atoms with Crippen molar-refractivity contribution in [1.82, 2.24) is 0 Å². The van der Waals surface area contributed by atoms with Gasteiger partial charge in [-0.25, -0.2) is 0 Å². The molecule has 36 heavy (non-hydrogen) atoms. The van der Waals surface area contributed by atoms with Gasteiger partial charge in [-0.3, -0.25) is 31.5 Å². The molecule has 0 aliphatic rings. The van der Waals surface area contributed by atoms with Crippen molar-refractivity contribution < 1.29 is 39.9 Å². The third-order valence-corrected chi connectivity index (χ3v) is 3.18. The lowest BCUT2D eigenvalue weighted by molar-refractivity contribution is -0.384. The fourth-order valence-corrected chi connectivity index (χ4v) is 1.93. The molecule has 0 bridgehead atoms.